The number of benzene rings is 7. The van der Waals surface area contributed by atoms with Gasteiger partial charge in [0.1, 0.15) is 0 Å². The Balaban J connectivity index is 0.00000136. The van der Waals surface area contributed by atoms with E-state index in [1.807, 2.05) is 50.2 Å². The third-order valence-electron chi connectivity index (χ3n) is 9.38. The molecule has 0 atom stereocenters. The fourth-order valence-corrected chi connectivity index (χ4v) is 7.31. The van der Waals surface area contributed by atoms with E-state index in [2.05, 4.69) is 106 Å². The molecule has 7 aromatic carbocycles. The van der Waals surface area contributed by atoms with Crippen LogP contribution in [0.3, 0.4) is 0 Å². The predicted octanol–water partition coefficient (Wildman–Crippen LogP) is 11.0. The SMILES string of the molecule is C=Cc1ccc2c3ccc4[n-]c5ccccc5[n-]/c(=C\CC)c5cc(CC)c(c6ccc(ON(C)c7ccccc7C)c1c26)c3c45.CC.[V+2]. The molecule has 1 radical (unpaired) electrons. The van der Waals surface area contributed by atoms with Gasteiger partial charge in [-0.25, -0.2) is 5.06 Å². The minimum Gasteiger partial charge on any atom is -0.659 e. The topological polar surface area (TPSA) is 40.7 Å². The Morgan fingerprint density at radius 3 is 2.08 bits per heavy atom. The third-order valence-corrected chi connectivity index (χ3v) is 9.38. The quantitative estimate of drug-likeness (QED) is 0.0997. The van der Waals surface area contributed by atoms with Crippen LogP contribution in [0.2, 0.25) is 0 Å². The Hall–Kier alpha value is -4.90. The van der Waals surface area contributed by atoms with Crippen molar-refractivity contribution in [1.29, 1.82) is 0 Å². The number of fused-ring (bicyclic) bond motifs is 3. The monoisotopic (exact) mass is 678 g/mol. The summed E-state index contributed by atoms with van der Waals surface area (Å²) in [5, 5.41) is 13.6. The fourth-order valence-electron chi connectivity index (χ4n) is 7.31. The van der Waals surface area contributed by atoms with Crippen molar-refractivity contribution in [2.45, 2.75) is 47.5 Å². The number of aryl methyl sites for hydroxylation is 2. The van der Waals surface area contributed by atoms with E-state index < -0.39 is 0 Å². The van der Waals surface area contributed by atoms with Gasteiger partial charge >= 0.3 is 18.6 Å². The second-order valence-electron chi connectivity index (χ2n) is 12.0. The van der Waals surface area contributed by atoms with E-state index in [-0.39, 0.29) is 18.6 Å². The zero-order chi connectivity index (χ0) is 33.5. The molecule has 0 amide bonds. The molecule has 0 N–H and O–H groups in total. The van der Waals surface area contributed by atoms with Gasteiger partial charge in [0.25, 0.3) is 0 Å². The van der Waals surface area contributed by atoms with Crippen LogP contribution < -0.4 is 25.2 Å². The van der Waals surface area contributed by atoms with E-state index in [0.29, 0.717) is 0 Å². The largest absolute Gasteiger partial charge is 2.00 e. The second kappa shape index (κ2) is 13.9. The van der Waals surface area contributed by atoms with Crippen molar-refractivity contribution in [3.05, 3.63) is 120 Å². The van der Waals surface area contributed by atoms with E-state index in [1.165, 1.54) is 37.9 Å². The molecule has 0 fully saturated rings. The number of hydrogen-bond donors (Lipinski definition) is 0. The summed E-state index contributed by atoms with van der Waals surface area (Å²) < 4.78 is 0. The van der Waals surface area contributed by atoms with E-state index in [1.54, 1.807) is 0 Å². The molecule has 1 aromatic heterocycles. The summed E-state index contributed by atoms with van der Waals surface area (Å²) in [6.07, 6.45) is 5.97. The minimum absolute atomic E-state index is 0. The van der Waals surface area contributed by atoms with Crippen molar-refractivity contribution in [2.24, 2.45) is 0 Å². The summed E-state index contributed by atoms with van der Waals surface area (Å²) in [5.74, 6) is 0.806. The van der Waals surface area contributed by atoms with Crippen molar-refractivity contribution in [1.82, 2.24) is 9.97 Å². The minimum atomic E-state index is 0. The van der Waals surface area contributed by atoms with Gasteiger partial charge in [-0.1, -0.05) is 119 Å². The first-order chi connectivity index (χ1) is 23.5. The molecule has 0 aliphatic rings. The number of hydroxylamine groups is 1. The van der Waals surface area contributed by atoms with Gasteiger partial charge in [-0.2, -0.15) is 11.0 Å². The van der Waals surface area contributed by atoms with Gasteiger partial charge in [0, 0.05) is 17.8 Å². The van der Waals surface area contributed by atoms with Crippen LogP contribution in [0.25, 0.3) is 77.2 Å². The molecule has 1 heterocycles. The van der Waals surface area contributed by atoms with E-state index in [4.69, 9.17) is 14.8 Å². The van der Waals surface area contributed by atoms with Gasteiger partial charge in [0.15, 0.2) is 5.75 Å². The van der Waals surface area contributed by atoms with Crippen molar-refractivity contribution >= 4 is 82.9 Å². The number of anilines is 1. The Labute approximate surface area is 299 Å². The summed E-state index contributed by atoms with van der Waals surface area (Å²) in [6.45, 7) is 14.7. The number of hydrogen-bond acceptors (Lipinski definition) is 2. The summed E-state index contributed by atoms with van der Waals surface area (Å²) in [5.41, 5.74) is 7.29. The standard InChI is InChI=1S/C42H35N3O.C2H6.V/c1-6-13-32-31-24-27(8-3)38-30-21-23-37(46-45(5)36-17-12-9-14-25(36)4)39-26(7-2)18-19-28(40(30)39)29-20-22-35(41(31)42(29)38)44-34-16-11-10-15-33(34)43-32;1-2;/h7,9-24H,2,6,8H2,1,3-5H3;1-2H3;/q-2;;+2/b32-13-;;. The molecule has 5 heteroatoms. The Morgan fingerprint density at radius 1 is 0.694 bits per heavy atom. The Morgan fingerprint density at radius 2 is 1.37 bits per heavy atom. The summed E-state index contributed by atoms with van der Waals surface area (Å²) >= 11 is 0. The van der Waals surface area contributed by atoms with Crippen LogP contribution in [-0.2, 0) is 25.0 Å². The van der Waals surface area contributed by atoms with Crippen molar-refractivity contribution in [2.75, 3.05) is 12.1 Å². The van der Waals surface area contributed by atoms with Crippen LogP contribution in [0, 0.1) is 6.92 Å². The van der Waals surface area contributed by atoms with Gasteiger partial charge < -0.3 is 14.8 Å². The van der Waals surface area contributed by atoms with Crippen molar-refractivity contribution in [3.63, 3.8) is 0 Å². The van der Waals surface area contributed by atoms with Gasteiger partial charge in [-0.15, -0.1) is 10.9 Å². The number of rotatable bonds is 6. The van der Waals surface area contributed by atoms with Crippen LogP contribution in [0.1, 0.15) is 50.8 Å². The van der Waals surface area contributed by atoms with Gasteiger partial charge in [-0.3, -0.25) is 0 Å². The maximum Gasteiger partial charge on any atom is 2.00 e. The predicted molar refractivity (Wildman–Crippen MR) is 208 cm³/mol. The molecular weight excluding hydrogens is 637 g/mol. The normalized spacial score (nSPS) is 11.7. The maximum absolute atomic E-state index is 6.65. The smallest absolute Gasteiger partial charge is 0.659 e. The van der Waals surface area contributed by atoms with Crippen molar-refractivity contribution < 1.29 is 23.4 Å². The van der Waals surface area contributed by atoms with Crippen LogP contribution in [-0.4, -0.2) is 7.05 Å². The first kappa shape index (κ1) is 34.0. The van der Waals surface area contributed by atoms with E-state index >= 15 is 0 Å². The van der Waals surface area contributed by atoms with E-state index in [9.17, 15) is 0 Å². The number of nitrogens with zero attached hydrogens (tertiary/aromatic N) is 3. The average molecular weight is 679 g/mol. The average Bonchev–Trinajstić information content (AvgIpc) is 3.11. The molecule has 49 heavy (non-hydrogen) atoms. The van der Waals surface area contributed by atoms with Crippen LogP contribution in [0.4, 0.5) is 5.69 Å². The molecular formula is C44H41N3OV. The van der Waals surface area contributed by atoms with Crippen LogP contribution in [0.15, 0.2) is 97.6 Å². The van der Waals surface area contributed by atoms with E-state index in [0.717, 1.165) is 73.5 Å². The van der Waals surface area contributed by atoms with Crippen LogP contribution in [0.5, 0.6) is 5.75 Å². The third kappa shape index (κ3) is 5.50. The van der Waals surface area contributed by atoms with Crippen LogP contribution >= 0.6 is 0 Å². The molecule has 243 valence electrons. The second-order valence-corrected chi connectivity index (χ2v) is 12.0. The first-order valence-corrected chi connectivity index (χ1v) is 17.1. The summed E-state index contributed by atoms with van der Waals surface area (Å²) in [6, 6.07) is 32.1. The molecule has 4 nitrogen and oxygen atoms in total. The number of para-hydroxylation sites is 3. The molecule has 0 saturated carbocycles. The van der Waals surface area contributed by atoms with Gasteiger partial charge in [-0.05, 0) is 92.4 Å². The summed E-state index contributed by atoms with van der Waals surface area (Å²) in [7, 11) is 1.97. The molecule has 8 aromatic rings. The molecule has 0 bridgehead atoms. The zero-order valence-corrected chi connectivity index (χ0v) is 30.5. The Bertz CT molecular complexity index is 2590. The van der Waals surface area contributed by atoms with Gasteiger partial charge in [0.2, 0.25) is 0 Å². The molecule has 0 aliphatic carbocycles. The fraction of sp³-hybridized carbons (Fsp3) is 0.182. The van der Waals surface area contributed by atoms with Gasteiger partial charge in [0.05, 0.1) is 5.69 Å². The summed E-state index contributed by atoms with van der Waals surface area (Å²) in [4.78, 5) is 17.1. The first-order valence-electron chi connectivity index (χ1n) is 17.1. The number of aromatic nitrogens is 2. The molecule has 0 aliphatic heterocycles. The molecule has 0 unspecified atom stereocenters. The molecule has 0 saturated heterocycles. The van der Waals surface area contributed by atoms with Crippen molar-refractivity contribution in [3.8, 4) is 5.75 Å². The maximum atomic E-state index is 6.65. The zero-order valence-electron chi connectivity index (χ0n) is 29.1. The Kier molecular flexibility index (Phi) is 9.65. The molecule has 8 rings (SSSR count). The molecule has 0 spiro atoms.